The Labute approximate surface area is 194 Å². The lowest BCUT2D eigenvalue weighted by molar-refractivity contribution is -0.193. The molecule has 1 aromatic heterocycles. The van der Waals surface area contributed by atoms with Gasteiger partial charge in [-0.15, -0.1) is 0 Å². The first-order valence-electron chi connectivity index (χ1n) is 10.6. The van der Waals surface area contributed by atoms with E-state index in [9.17, 15) is 13.6 Å². The number of hydrogen-bond donors (Lipinski definition) is 0. The van der Waals surface area contributed by atoms with Crippen molar-refractivity contribution < 1.29 is 27.8 Å². The number of imidazole rings is 1. The molecule has 34 heavy (non-hydrogen) atoms. The van der Waals surface area contributed by atoms with Crippen molar-refractivity contribution >= 4 is 5.97 Å². The molecule has 5 rings (SSSR count). The summed E-state index contributed by atoms with van der Waals surface area (Å²) >= 11 is 0. The van der Waals surface area contributed by atoms with E-state index in [4.69, 9.17) is 14.2 Å². The first kappa shape index (κ1) is 21.9. The molecule has 172 valence electrons. The van der Waals surface area contributed by atoms with Crippen LogP contribution in [0.15, 0.2) is 91.5 Å². The number of halogens is 2. The first-order chi connectivity index (χ1) is 16.5. The van der Waals surface area contributed by atoms with Crippen LogP contribution in [0, 0.1) is 11.6 Å². The molecule has 0 spiro atoms. The van der Waals surface area contributed by atoms with Gasteiger partial charge in [-0.1, -0.05) is 54.6 Å². The minimum absolute atomic E-state index is 0.100. The van der Waals surface area contributed by atoms with Gasteiger partial charge in [0.25, 0.3) is 0 Å². The molecule has 0 unspecified atom stereocenters. The Bertz CT molecular complexity index is 1280. The lowest BCUT2D eigenvalue weighted by Crippen LogP contribution is -2.35. The van der Waals surface area contributed by atoms with Gasteiger partial charge in [0.1, 0.15) is 5.82 Å². The Morgan fingerprint density at radius 1 is 1.06 bits per heavy atom. The molecule has 1 aliphatic rings. The van der Waals surface area contributed by atoms with Crippen LogP contribution in [0.25, 0.3) is 11.1 Å². The number of benzene rings is 3. The highest BCUT2D eigenvalue weighted by Crippen LogP contribution is 2.37. The van der Waals surface area contributed by atoms with Gasteiger partial charge in [0, 0.05) is 24.0 Å². The average molecular weight is 462 g/mol. The molecule has 2 heterocycles. The summed E-state index contributed by atoms with van der Waals surface area (Å²) in [4.78, 5) is 16.8. The standard InChI is InChI=1S/C26H20F2N2O4/c27-21-10-11-23(22(28)14-21)33-25(31)24-15-32-26(34-24,16-30-13-12-29-17-30)20-8-6-19(7-9-20)18-4-2-1-3-5-18/h1-14,17,24H,15-16H2/t24-,26-/m0/s1. The SMILES string of the molecule is O=C(Oc1ccc(F)cc1F)[C@@H]1CO[C@](Cn2ccnc2)(c2ccc(-c3ccccc3)cc2)O1. The normalized spacial score (nSPS) is 19.8. The second-order valence-corrected chi connectivity index (χ2v) is 7.84. The minimum Gasteiger partial charge on any atom is -0.421 e. The Kier molecular flexibility index (Phi) is 5.91. The third-order valence-corrected chi connectivity index (χ3v) is 5.55. The van der Waals surface area contributed by atoms with Crippen molar-refractivity contribution in [2.75, 3.05) is 6.61 Å². The molecule has 0 saturated carbocycles. The zero-order chi connectivity index (χ0) is 23.5. The number of ether oxygens (including phenoxy) is 3. The molecule has 2 atom stereocenters. The van der Waals surface area contributed by atoms with E-state index in [-0.39, 0.29) is 18.9 Å². The maximum Gasteiger partial charge on any atom is 0.343 e. The Hall–Kier alpha value is -3.88. The van der Waals surface area contributed by atoms with E-state index in [0.29, 0.717) is 11.6 Å². The van der Waals surface area contributed by atoms with Gasteiger partial charge < -0.3 is 18.8 Å². The Balaban J connectivity index is 1.40. The molecule has 3 aromatic carbocycles. The van der Waals surface area contributed by atoms with Crippen LogP contribution in [0.3, 0.4) is 0 Å². The molecule has 1 saturated heterocycles. The molecule has 8 heteroatoms. The van der Waals surface area contributed by atoms with Crippen molar-refractivity contribution in [3.8, 4) is 16.9 Å². The van der Waals surface area contributed by atoms with E-state index in [1.54, 1.807) is 23.3 Å². The largest absolute Gasteiger partial charge is 0.421 e. The number of aromatic nitrogens is 2. The molecule has 0 amide bonds. The summed E-state index contributed by atoms with van der Waals surface area (Å²) < 4.78 is 46.2. The molecule has 0 aliphatic carbocycles. The van der Waals surface area contributed by atoms with E-state index >= 15 is 0 Å². The van der Waals surface area contributed by atoms with Crippen molar-refractivity contribution in [2.45, 2.75) is 18.4 Å². The van der Waals surface area contributed by atoms with Crippen molar-refractivity contribution in [2.24, 2.45) is 0 Å². The third kappa shape index (κ3) is 4.46. The fourth-order valence-electron chi connectivity index (χ4n) is 3.85. The maximum atomic E-state index is 13.9. The van der Waals surface area contributed by atoms with Gasteiger partial charge >= 0.3 is 5.97 Å². The first-order valence-corrected chi connectivity index (χ1v) is 10.6. The molecule has 6 nitrogen and oxygen atoms in total. The molecule has 1 aliphatic heterocycles. The fraction of sp³-hybridized carbons (Fsp3) is 0.154. The smallest absolute Gasteiger partial charge is 0.343 e. The molecule has 0 N–H and O–H groups in total. The fourth-order valence-corrected chi connectivity index (χ4v) is 3.85. The van der Waals surface area contributed by atoms with Crippen LogP contribution in [-0.2, 0) is 26.6 Å². The van der Waals surface area contributed by atoms with Gasteiger partial charge in [-0.3, -0.25) is 0 Å². The highest BCUT2D eigenvalue weighted by atomic mass is 19.1. The number of carbonyl (C=O) groups is 1. The summed E-state index contributed by atoms with van der Waals surface area (Å²) in [5.74, 6) is -4.25. The summed E-state index contributed by atoms with van der Waals surface area (Å²) in [6.07, 6.45) is 3.89. The second kappa shape index (κ2) is 9.17. The van der Waals surface area contributed by atoms with Crippen LogP contribution in [0.4, 0.5) is 8.78 Å². The van der Waals surface area contributed by atoms with Gasteiger partial charge in [-0.05, 0) is 23.3 Å². The lowest BCUT2D eigenvalue weighted by Gasteiger charge is -2.29. The number of hydrogen-bond acceptors (Lipinski definition) is 5. The topological polar surface area (TPSA) is 62.6 Å². The minimum atomic E-state index is -1.29. The molecule has 1 fully saturated rings. The monoisotopic (exact) mass is 462 g/mol. The highest BCUT2D eigenvalue weighted by Gasteiger charge is 2.47. The zero-order valence-corrected chi connectivity index (χ0v) is 17.9. The van der Waals surface area contributed by atoms with Gasteiger partial charge in [0.15, 0.2) is 17.7 Å². The van der Waals surface area contributed by atoms with Crippen molar-refractivity contribution in [1.82, 2.24) is 9.55 Å². The molecule has 0 radical (unpaired) electrons. The maximum absolute atomic E-state index is 13.9. The van der Waals surface area contributed by atoms with Crippen LogP contribution in [-0.4, -0.2) is 28.2 Å². The van der Waals surface area contributed by atoms with Gasteiger partial charge in [0.2, 0.25) is 5.79 Å². The number of rotatable bonds is 6. The molecular formula is C26H20F2N2O4. The lowest BCUT2D eigenvalue weighted by atomic mass is 10.00. The van der Waals surface area contributed by atoms with E-state index in [2.05, 4.69) is 4.98 Å². The quantitative estimate of drug-likeness (QED) is 0.307. The van der Waals surface area contributed by atoms with E-state index in [1.807, 2.05) is 54.6 Å². The van der Waals surface area contributed by atoms with Gasteiger partial charge in [-0.25, -0.2) is 18.6 Å². The van der Waals surface area contributed by atoms with Gasteiger partial charge in [-0.2, -0.15) is 0 Å². The Morgan fingerprint density at radius 3 is 2.53 bits per heavy atom. The highest BCUT2D eigenvalue weighted by molar-refractivity contribution is 5.77. The predicted octanol–water partition coefficient (Wildman–Crippen LogP) is 4.70. The van der Waals surface area contributed by atoms with Crippen LogP contribution in [0.5, 0.6) is 5.75 Å². The van der Waals surface area contributed by atoms with E-state index in [1.165, 1.54) is 0 Å². The summed E-state index contributed by atoms with van der Waals surface area (Å²) in [5.41, 5.74) is 2.78. The van der Waals surface area contributed by atoms with Crippen LogP contribution in [0.1, 0.15) is 5.56 Å². The third-order valence-electron chi connectivity index (χ3n) is 5.55. The molecule has 0 bridgehead atoms. The van der Waals surface area contributed by atoms with Gasteiger partial charge in [0.05, 0.1) is 19.5 Å². The van der Waals surface area contributed by atoms with Crippen LogP contribution < -0.4 is 4.74 Å². The summed E-state index contributed by atoms with van der Waals surface area (Å²) in [6.45, 7) is 0.128. The number of esters is 1. The van der Waals surface area contributed by atoms with E-state index < -0.39 is 29.5 Å². The van der Waals surface area contributed by atoms with Crippen LogP contribution in [0.2, 0.25) is 0 Å². The zero-order valence-electron chi connectivity index (χ0n) is 17.9. The number of carbonyl (C=O) groups excluding carboxylic acids is 1. The molecule has 4 aromatic rings. The second-order valence-electron chi connectivity index (χ2n) is 7.84. The average Bonchev–Trinajstić information content (AvgIpc) is 3.53. The molecular weight excluding hydrogens is 442 g/mol. The van der Waals surface area contributed by atoms with Crippen molar-refractivity contribution in [3.05, 3.63) is 109 Å². The summed E-state index contributed by atoms with van der Waals surface area (Å²) in [5, 5.41) is 0. The predicted molar refractivity (Wildman–Crippen MR) is 119 cm³/mol. The van der Waals surface area contributed by atoms with Crippen LogP contribution >= 0.6 is 0 Å². The number of nitrogens with zero attached hydrogens (tertiary/aromatic N) is 2. The summed E-state index contributed by atoms with van der Waals surface area (Å²) in [6, 6.07) is 20.3. The van der Waals surface area contributed by atoms with E-state index in [0.717, 1.165) is 23.3 Å². The van der Waals surface area contributed by atoms with Crippen molar-refractivity contribution in [3.63, 3.8) is 0 Å². The van der Waals surface area contributed by atoms with Crippen molar-refractivity contribution in [1.29, 1.82) is 0 Å². The summed E-state index contributed by atoms with van der Waals surface area (Å²) in [7, 11) is 0. The Morgan fingerprint density at radius 2 is 1.82 bits per heavy atom.